The summed E-state index contributed by atoms with van der Waals surface area (Å²) < 4.78 is 10.7. The van der Waals surface area contributed by atoms with Crippen LogP contribution in [0.5, 0.6) is 11.5 Å². The molecule has 0 radical (unpaired) electrons. The molecule has 2 aromatic rings. The number of nitrogens with two attached hydrogens (primary N) is 1. The van der Waals surface area contributed by atoms with Crippen molar-refractivity contribution < 1.29 is 9.47 Å². The van der Waals surface area contributed by atoms with E-state index in [0.717, 1.165) is 11.3 Å². The van der Waals surface area contributed by atoms with Crippen LogP contribution in [0, 0.1) is 0 Å². The van der Waals surface area contributed by atoms with Gasteiger partial charge in [-0.2, -0.15) is 0 Å². The number of nitrogens with zero attached hydrogens (tertiary/aromatic N) is 2. The number of methoxy groups -OCH3 is 1. The Morgan fingerprint density at radius 3 is 2.83 bits per heavy atom. The quantitative estimate of drug-likeness (QED) is 0.893. The first kappa shape index (κ1) is 12.2. The minimum Gasteiger partial charge on any atom is -0.494 e. The molecule has 5 nitrogen and oxygen atoms in total. The summed E-state index contributed by atoms with van der Waals surface area (Å²) in [7, 11) is 1.55. The second kappa shape index (κ2) is 5.35. The van der Waals surface area contributed by atoms with Crippen molar-refractivity contribution in [1.29, 1.82) is 0 Å². The van der Waals surface area contributed by atoms with Crippen LogP contribution in [0.2, 0.25) is 0 Å². The predicted octanol–water partition coefficient (Wildman–Crippen LogP) is 2.13. The van der Waals surface area contributed by atoms with E-state index in [1.807, 2.05) is 31.2 Å². The fourth-order valence-corrected chi connectivity index (χ4v) is 1.69. The van der Waals surface area contributed by atoms with Crippen LogP contribution in [-0.2, 0) is 0 Å². The number of rotatable bonds is 4. The van der Waals surface area contributed by atoms with Gasteiger partial charge in [-0.3, -0.25) is 0 Å². The Bertz CT molecular complexity index is 544. The van der Waals surface area contributed by atoms with Crippen molar-refractivity contribution in [3.05, 3.63) is 30.6 Å². The Morgan fingerprint density at radius 2 is 2.11 bits per heavy atom. The zero-order valence-corrected chi connectivity index (χ0v) is 10.4. The Hall–Kier alpha value is -2.30. The maximum Gasteiger partial charge on any atom is 0.187 e. The van der Waals surface area contributed by atoms with E-state index in [9.17, 15) is 0 Å². The minimum absolute atomic E-state index is 0.323. The molecule has 0 amide bonds. The first-order valence-electron chi connectivity index (χ1n) is 5.64. The third-order valence-corrected chi connectivity index (χ3v) is 2.45. The highest BCUT2D eigenvalue weighted by Gasteiger charge is 2.12. The maximum absolute atomic E-state index is 5.76. The first-order valence-corrected chi connectivity index (χ1v) is 5.64. The van der Waals surface area contributed by atoms with Crippen molar-refractivity contribution in [2.45, 2.75) is 6.92 Å². The molecule has 0 saturated heterocycles. The average Bonchev–Trinajstić information content (AvgIpc) is 2.39. The van der Waals surface area contributed by atoms with Crippen LogP contribution in [0.25, 0.3) is 11.3 Å². The highest BCUT2D eigenvalue weighted by Crippen LogP contribution is 2.32. The molecule has 2 N–H and O–H groups in total. The van der Waals surface area contributed by atoms with E-state index in [2.05, 4.69) is 9.97 Å². The van der Waals surface area contributed by atoms with E-state index >= 15 is 0 Å². The van der Waals surface area contributed by atoms with Crippen LogP contribution in [0.3, 0.4) is 0 Å². The molecule has 1 aromatic heterocycles. The second-order valence-electron chi connectivity index (χ2n) is 3.60. The molecule has 0 saturated carbocycles. The summed E-state index contributed by atoms with van der Waals surface area (Å²) in [6, 6.07) is 7.61. The van der Waals surface area contributed by atoms with Crippen molar-refractivity contribution in [3.8, 4) is 22.8 Å². The lowest BCUT2D eigenvalue weighted by molar-refractivity contribution is 0.340. The Labute approximate surface area is 106 Å². The fourth-order valence-electron chi connectivity index (χ4n) is 1.69. The van der Waals surface area contributed by atoms with Crippen molar-refractivity contribution >= 4 is 5.82 Å². The highest BCUT2D eigenvalue weighted by molar-refractivity contribution is 5.72. The maximum atomic E-state index is 5.76. The standard InChI is InChI=1S/C13H15N3O2/c1-3-18-10-6-4-5-9(7-10)11-12(17-2)13(14)16-8-15-11/h4-8H,3H2,1-2H3,(H2,14,15,16). The van der Waals surface area contributed by atoms with Gasteiger partial charge in [0.15, 0.2) is 11.6 Å². The van der Waals surface area contributed by atoms with Crippen molar-refractivity contribution in [3.63, 3.8) is 0 Å². The molecular formula is C13H15N3O2. The highest BCUT2D eigenvalue weighted by atomic mass is 16.5. The summed E-state index contributed by atoms with van der Waals surface area (Å²) in [6.45, 7) is 2.56. The number of nitrogen functional groups attached to an aromatic ring is 1. The summed E-state index contributed by atoms with van der Waals surface area (Å²) >= 11 is 0. The predicted molar refractivity (Wildman–Crippen MR) is 69.6 cm³/mol. The van der Waals surface area contributed by atoms with Gasteiger partial charge >= 0.3 is 0 Å². The van der Waals surface area contributed by atoms with E-state index in [-0.39, 0.29) is 0 Å². The number of ether oxygens (including phenoxy) is 2. The summed E-state index contributed by atoms with van der Waals surface area (Å²) in [5.74, 6) is 1.59. The lowest BCUT2D eigenvalue weighted by atomic mass is 10.1. The van der Waals surface area contributed by atoms with Crippen LogP contribution in [0.15, 0.2) is 30.6 Å². The fraction of sp³-hybridized carbons (Fsp3) is 0.231. The molecule has 0 fully saturated rings. The Balaban J connectivity index is 2.48. The van der Waals surface area contributed by atoms with E-state index < -0.39 is 0 Å². The molecule has 0 atom stereocenters. The van der Waals surface area contributed by atoms with Crippen molar-refractivity contribution in [2.24, 2.45) is 0 Å². The smallest absolute Gasteiger partial charge is 0.187 e. The van der Waals surface area contributed by atoms with Gasteiger partial charge in [0.1, 0.15) is 17.8 Å². The van der Waals surface area contributed by atoms with Crippen LogP contribution < -0.4 is 15.2 Å². The van der Waals surface area contributed by atoms with Gasteiger partial charge in [-0.25, -0.2) is 9.97 Å². The van der Waals surface area contributed by atoms with Gasteiger partial charge in [-0.15, -0.1) is 0 Å². The molecule has 2 rings (SSSR count). The molecule has 94 valence electrons. The largest absolute Gasteiger partial charge is 0.494 e. The van der Waals surface area contributed by atoms with Crippen LogP contribution in [0.4, 0.5) is 5.82 Å². The van der Waals surface area contributed by atoms with E-state index in [0.29, 0.717) is 23.9 Å². The van der Waals surface area contributed by atoms with Gasteiger partial charge in [-0.05, 0) is 19.1 Å². The summed E-state index contributed by atoms with van der Waals surface area (Å²) in [4.78, 5) is 8.12. The number of hydrogen-bond donors (Lipinski definition) is 1. The molecule has 0 bridgehead atoms. The Morgan fingerprint density at radius 1 is 1.28 bits per heavy atom. The van der Waals surface area contributed by atoms with Gasteiger partial charge < -0.3 is 15.2 Å². The summed E-state index contributed by atoms with van der Waals surface area (Å²) in [6.07, 6.45) is 1.42. The van der Waals surface area contributed by atoms with Crippen molar-refractivity contribution in [1.82, 2.24) is 9.97 Å². The summed E-state index contributed by atoms with van der Waals surface area (Å²) in [5.41, 5.74) is 7.30. The van der Waals surface area contributed by atoms with Crippen LogP contribution >= 0.6 is 0 Å². The molecule has 0 aliphatic carbocycles. The molecule has 1 heterocycles. The number of anilines is 1. The van der Waals surface area contributed by atoms with E-state index in [4.69, 9.17) is 15.2 Å². The number of benzene rings is 1. The zero-order valence-electron chi connectivity index (χ0n) is 10.4. The van der Waals surface area contributed by atoms with Gasteiger partial charge in [0.05, 0.1) is 13.7 Å². The lowest BCUT2D eigenvalue weighted by Gasteiger charge is -2.10. The molecular weight excluding hydrogens is 230 g/mol. The van der Waals surface area contributed by atoms with Crippen LogP contribution in [0.1, 0.15) is 6.92 Å². The van der Waals surface area contributed by atoms with Crippen molar-refractivity contribution in [2.75, 3.05) is 19.5 Å². The average molecular weight is 245 g/mol. The zero-order chi connectivity index (χ0) is 13.0. The molecule has 0 aliphatic rings. The molecule has 18 heavy (non-hydrogen) atoms. The molecule has 0 aliphatic heterocycles. The van der Waals surface area contributed by atoms with E-state index in [1.54, 1.807) is 7.11 Å². The first-order chi connectivity index (χ1) is 8.76. The van der Waals surface area contributed by atoms with Gasteiger partial charge in [0.2, 0.25) is 0 Å². The third kappa shape index (κ3) is 2.34. The summed E-state index contributed by atoms with van der Waals surface area (Å²) in [5, 5.41) is 0. The molecule has 5 heteroatoms. The van der Waals surface area contributed by atoms with E-state index in [1.165, 1.54) is 6.33 Å². The lowest BCUT2D eigenvalue weighted by Crippen LogP contribution is -2.00. The van der Waals surface area contributed by atoms with Gasteiger partial charge in [0.25, 0.3) is 0 Å². The topological polar surface area (TPSA) is 70.3 Å². The third-order valence-electron chi connectivity index (χ3n) is 2.45. The van der Waals surface area contributed by atoms with Crippen LogP contribution in [-0.4, -0.2) is 23.7 Å². The number of hydrogen-bond acceptors (Lipinski definition) is 5. The molecule has 0 spiro atoms. The second-order valence-corrected chi connectivity index (χ2v) is 3.60. The van der Waals surface area contributed by atoms with Gasteiger partial charge in [-0.1, -0.05) is 12.1 Å². The normalized spacial score (nSPS) is 10.1. The SMILES string of the molecule is CCOc1cccc(-c2ncnc(N)c2OC)c1. The Kier molecular flexibility index (Phi) is 3.62. The van der Waals surface area contributed by atoms with Gasteiger partial charge in [0, 0.05) is 5.56 Å². The molecule has 1 aromatic carbocycles. The minimum atomic E-state index is 0.323. The monoisotopic (exact) mass is 245 g/mol. The number of aromatic nitrogens is 2. The molecule has 0 unspecified atom stereocenters.